The molecule has 0 atom stereocenters. The van der Waals surface area contributed by atoms with E-state index in [0.29, 0.717) is 11.5 Å². The zero-order valence-electron chi connectivity index (χ0n) is 19.8. The van der Waals surface area contributed by atoms with Crippen LogP contribution in [0.25, 0.3) is 34.1 Å². The third-order valence-corrected chi connectivity index (χ3v) is 6.90. The molecule has 1 N–H and O–H groups in total. The molecular weight excluding hydrogens is 420 g/mol. The van der Waals surface area contributed by atoms with Crippen LogP contribution in [0.3, 0.4) is 0 Å². The molecule has 2 heterocycles. The van der Waals surface area contributed by atoms with E-state index in [-0.39, 0.29) is 5.56 Å². The van der Waals surface area contributed by atoms with Crippen LogP contribution >= 0.6 is 0 Å². The van der Waals surface area contributed by atoms with Crippen molar-refractivity contribution in [1.82, 2.24) is 14.6 Å². The Hall–Kier alpha value is -3.73. The topological polar surface area (TPSA) is 62.5 Å². The summed E-state index contributed by atoms with van der Waals surface area (Å²) in [5.74, 6) is 0.404. The largest absolute Gasteiger partial charge is 0.343 e. The first-order chi connectivity index (χ1) is 16.6. The van der Waals surface area contributed by atoms with Crippen molar-refractivity contribution < 1.29 is 0 Å². The number of hydrogen-bond donors (Lipinski definition) is 1. The summed E-state index contributed by atoms with van der Waals surface area (Å²) in [7, 11) is 0. The van der Waals surface area contributed by atoms with Gasteiger partial charge in [0, 0.05) is 22.4 Å². The van der Waals surface area contributed by atoms with Crippen molar-refractivity contribution in [2.75, 3.05) is 0 Å². The Balaban J connectivity index is 1.76. The zero-order valence-corrected chi connectivity index (χ0v) is 19.8. The highest BCUT2D eigenvalue weighted by Crippen LogP contribution is 2.40. The van der Waals surface area contributed by atoms with Crippen LogP contribution in [0.1, 0.15) is 61.8 Å². The van der Waals surface area contributed by atoms with E-state index in [1.54, 1.807) is 4.52 Å². The van der Waals surface area contributed by atoms with E-state index in [9.17, 15) is 4.79 Å². The molecule has 0 amide bonds. The summed E-state index contributed by atoms with van der Waals surface area (Å²) in [5.41, 5.74) is 7.92. The zero-order chi connectivity index (χ0) is 23.7. The molecule has 0 bridgehead atoms. The fraction of sp³-hybridized carbons (Fsp3) is 0.276. The minimum Gasteiger partial charge on any atom is -0.343 e. The van der Waals surface area contributed by atoms with Crippen LogP contribution in [0.5, 0.6) is 0 Å². The predicted octanol–water partition coefficient (Wildman–Crippen LogP) is 7.08. The number of hydrogen-bond acceptors (Lipinski definition) is 3. The van der Waals surface area contributed by atoms with Gasteiger partial charge in [0.1, 0.15) is 5.65 Å². The molecule has 5 rings (SSSR count). The molecule has 1 aliphatic rings. The lowest BCUT2D eigenvalue weighted by Gasteiger charge is -2.22. The van der Waals surface area contributed by atoms with Crippen LogP contribution in [0, 0.1) is 6.92 Å². The Morgan fingerprint density at radius 1 is 1.09 bits per heavy atom. The van der Waals surface area contributed by atoms with Crippen molar-refractivity contribution in [1.29, 1.82) is 0 Å². The van der Waals surface area contributed by atoms with Gasteiger partial charge in [-0.3, -0.25) is 9.79 Å². The number of fused-ring (bicyclic) bond motifs is 1. The molecule has 0 radical (unpaired) electrons. The Bertz CT molecular complexity index is 1440. The monoisotopic (exact) mass is 450 g/mol. The van der Waals surface area contributed by atoms with Crippen LogP contribution in [0.4, 0.5) is 5.69 Å². The van der Waals surface area contributed by atoms with Gasteiger partial charge in [0.25, 0.3) is 5.56 Å². The number of allylic oxidation sites excluding steroid dienone is 1. The molecule has 0 saturated heterocycles. The quantitative estimate of drug-likeness (QED) is 0.330. The summed E-state index contributed by atoms with van der Waals surface area (Å²) in [5, 5.41) is 4.91. The van der Waals surface area contributed by atoms with Gasteiger partial charge < -0.3 is 4.98 Å². The molecule has 2 aromatic heterocycles. The summed E-state index contributed by atoms with van der Waals surface area (Å²) in [6.45, 7) is 7.61. The number of aromatic amines is 1. The Morgan fingerprint density at radius 3 is 2.56 bits per heavy atom. The maximum absolute atomic E-state index is 13.9. The predicted molar refractivity (Wildman–Crippen MR) is 141 cm³/mol. The maximum Gasteiger partial charge on any atom is 0.282 e. The van der Waals surface area contributed by atoms with Crippen molar-refractivity contribution in [3.63, 3.8) is 0 Å². The first-order valence-electron chi connectivity index (χ1n) is 12.1. The Morgan fingerprint density at radius 2 is 1.85 bits per heavy atom. The van der Waals surface area contributed by atoms with Gasteiger partial charge in [-0.1, -0.05) is 67.8 Å². The van der Waals surface area contributed by atoms with E-state index in [1.165, 1.54) is 24.8 Å². The summed E-state index contributed by atoms with van der Waals surface area (Å²) in [4.78, 5) is 21.6. The molecule has 2 aromatic carbocycles. The molecule has 1 saturated carbocycles. The van der Waals surface area contributed by atoms with E-state index >= 15 is 0 Å². The van der Waals surface area contributed by atoms with Crippen molar-refractivity contribution in [3.8, 4) is 22.4 Å². The lowest BCUT2D eigenvalue weighted by atomic mass is 9.83. The standard InChI is InChI=1S/C29H30N4O/c1-4-11-22-18-23(16-17-24(22)30-3)25-19(2)31-28-26(20-12-7-5-8-13-20)27(32-33(28)29(25)34)21-14-9-6-10-15-21/h4,6,9-11,14-18,20,31H,3,5,7-8,12-13H2,1-2H3/b11-4-. The smallest absolute Gasteiger partial charge is 0.282 e. The number of aryl methyl sites for hydroxylation is 1. The number of benzene rings is 2. The maximum atomic E-state index is 13.9. The molecule has 34 heavy (non-hydrogen) atoms. The molecule has 0 spiro atoms. The fourth-order valence-electron chi connectivity index (χ4n) is 5.30. The Kier molecular flexibility index (Phi) is 6.01. The second kappa shape index (κ2) is 9.26. The molecule has 172 valence electrons. The SMILES string of the molecule is C=Nc1ccc(-c2c(C)[nH]c3c(C4CCCCC4)c(-c4ccccc4)nn3c2=O)cc1/C=C\C. The molecule has 5 nitrogen and oxygen atoms in total. The average molecular weight is 451 g/mol. The van der Waals surface area contributed by atoms with Crippen molar-refractivity contribution in [2.45, 2.75) is 51.9 Å². The van der Waals surface area contributed by atoms with Crippen LogP contribution in [-0.2, 0) is 0 Å². The van der Waals surface area contributed by atoms with Crippen LogP contribution in [0.2, 0.25) is 0 Å². The second-order valence-corrected chi connectivity index (χ2v) is 9.09. The van der Waals surface area contributed by atoms with E-state index in [0.717, 1.165) is 52.3 Å². The fourth-order valence-corrected chi connectivity index (χ4v) is 5.30. The summed E-state index contributed by atoms with van der Waals surface area (Å²) in [6.07, 6.45) is 9.92. The Labute approximate surface area is 199 Å². The molecule has 0 aliphatic heterocycles. The second-order valence-electron chi connectivity index (χ2n) is 9.09. The third kappa shape index (κ3) is 3.81. The lowest BCUT2D eigenvalue weighted by Crippen LogP contribution is -2.19. The number of aliphatic imine (C=N–C) groups is 1. The summed E-state index contributed by atoms with van der Waals surface area (Å²) < 4.78 is 1.59. The van der Waals surface area contributed by atoms with Gasteiger partial charge in [0.05, 0.1) is 16.9 Å². The first kappa shape index (κ1) is 22.1. The molecular formula is C29H30N4O. The van der Waals surface area contributed by atoms with Crippen molar-refractivity contribution >= 4 is 24.1 Å². The van der Waals surface area contributed by atoms with E-state index in [2.05, 4.69) is 28.8 Å². The third-order valence-electron chi connectivity index (χ3n) is 6.90. The van der Waals surface area contributed by atoms with E-state index in [4.69, 9.17) is 5.10 Å². The molecule has 5 heteroatoms. The molecule has 4 aromatic rings. The summed E-state index contributed by atoms with van der Waals surface area (Å²) >= 11 is 0. The van der Waals surface area contributed by atoms with E-state index in [1.807, 2.05) is 62.4 Å². The number of rotatable bonds is 5. The first-order valence-corrected chi connectivity index (χ1v) is 12.1. The average Bonchev–Trinajstić information content (AvgIpc) is 3.25. The highest BCUT2D eigenvalue weighted by molar-refractivity contribution is 5.77. The van der Waals surface area contributed by atoms with Gasteiger partial charge in [-0.15, -0.1) is 0 Å². The number of H-pyrrole nitrogens is 1. The number of aromatic nitrogens is 3. The minimum absolute atomic E-state index is 0.101. The lowest BCUT2D eigenvalue weighted by molar-refractivity contribution is 0.445. The van der Waals surface area contributed by atoms with E-state index < -0.39 is 0 Å². The minimum atomic E-state index is -0.101. The van der Waals surface area contributed by atoms with Crippen LogP contribution in [-0.4, -0.2) is 21.3 Å². The van der Waals surface area contributed by atoms with Gasteiger partial charge in [0.2, 0.25) is 0 Å². The molecule has 1 fully saturated rings. The van der Waals surface area contributed by atoms with Crippen molar-refractivity contribution in [2.24, 2.45) is 4.99 Å². The number of nitrogens with zero attached hydrogens (tertiary/aromatic N) is 3. The van der Waals surface area contributed by atoms with Gasteiger partial charge in [-0.2, -0.15) is 9.61 Å². The van der Waals surface area contributed by atoms with Gasteiger partial charge in [0.15, 0.2) is 0 Å². The molecule has 1 aliphatic carbocycles. The van der Waals surface area contributed by atoms with Gasteiger partial charge in [-0.25, -0.2) is 0 Å². The van der Waals surface area contributed by atoms with Crippen LogP contribution in [0.15, 0.2) is 64.4 Å². The number of nitrogens with one attached hydrogen (secondary N) is 1. The molecule has 0 unspecified atom stereocenters. The van der Waals surface area contributed by atoms with Gasteiger partial charge >= 0.3 is 0 Å². The van der Waals surface area contributed by atoms with Crippen molar-refractivity contribution in [3.05, 3.63) is 81.8 Å². The normalized spacial score (nSPS) is 14.8. The highest BCUT2D eigenvalue weighted by atomic mass is 16.1. The summed E-state index contributed by atoms with van der Waals surface area (Å²) in [6, 6.07) is 16.1. The van der Waals surface area contributed by atoms with Gasteiger partial charge in [-0.05, 0) is 57.0 Å². The van der Waals surface area contributed by atoms with Crippen LogP contribution < -0.4 is 5.56 Å². The highest BCUT2D eigenvalue weighted by Gasteiger charge is 2.27.